The van der Waals surface area contributed by atoms with Gasteiger partial charge in [-0.1, -0.05) is 24.3 Å². The SMILES string of the molecule is COC1CC(C(=O)O)N(C(=O)NCc2ccccc2C)C1. The molecule has 6 heteroatoms. The number of nitrogens with zero attached hydrogens (tertiary/aromatic N) is 1. The minimum absolute atomic E-state index is 0.227. The summed E-state index contributed by atoms with van der Waals surface area (Å²) in [5.41, 5.74) is 2.10. The first-order chi connectivity index (χ1) is 10.0. The van der Waals surface area contributed by atoms with Crippen LogP contribution in [0.2, 0.25) is 0 Å². The summed E-state index contributed by atoms with van der Waals surface area (Å²) in [6.45, 7) is 2.65. The highest BCUT2D eigenvalue weighted by atomic mass is 16.5. The zero-order chi connectivity index (χ0) is 15.4. The number of aryl methyl sites for hydroxylation is 1. The lowest BCUT2D eigenvalue weighted by Crippen LogP contribution is -2.46. The molecule has 1 fully saturated rings. The molecular weight excluding hydrogens is 272 g/mol. The maximum Gasteiger partial charge on any atom is 0.326 e. The zero-order valence-corrected chi connectivity index (χ0v) is 12.2. The lowest BCUT2D eigenvalue weighted by molar-refractivity contribution is -0.141. The maximum atomic E-state index is 12.2. The fourth-order valence-electron chi connectivity index (χ4n) is 2.51. The molecule has 2 unspecified atom stereocenters. The molecule has 2 amide bonds. The summed E-state index contributed by atoms with van der Waals surface area (Å²) in [7, 11) is 1.53. The number of rotatable bonds is 4. The molecule has 1 aromatic carbocycles. The van der Waals surface area contributed by atoms with E-state index in [4.69, 9.17) is 4.74 Å². The van der Waals surface area contributed by atoms with Crippen molar-refractivity contribution in [2.45, 2.75) is 32.0 Å². The van der Waals surface area contributed by atoms with Crippen molar-refractivity contribution in [3.63, 3.8) is 0 Å². The van der Waals surface area contributed by atoms with Crippen LogP contribution in [0.15, 0.2) is 24.3 Å². The van der Waals surface area contributed by atoms with E-state index in [-0.39, 0.29) is 12.1 Å². The smallest absolute Gasteiger partial charge is 0.326 e. The first kappa shape index (κ1) is 15.3. The van der Waals surface area contributed by atoms with E-state index in [0.717, 1.165) is 11.1 Å². The Morgan fingerprint density at radius 2 is 2.14 bits per heavy atom. The van der Waals surface area contributed by atoms with E-state index in [0.29, 0.717) is 19.5 Å². The number of aliphatic carboxylic acids is 1. The van der Waals surface area contributed by atoms with Crippen molar-refractivity contribution >= 4 is 12.0 Å². The Labute approximate surface area is 123 Å². The third kappa shape index (κ3) is 3.52. The van der Waals surface area contributed by atoms with Gasteiger partial charge in [-0.25, -0.2) is 9.59 Å². The van der Waals surface area contributed by atoms with Gasteiger partial charge in [-0.2, -0.15) is 0 Å². The molecule has 0 aliphatic carbocycles. The number of urea groups is 1. The monoisotopic (exact) mass is 292 g/mol. The van der Waals surface area contributed by atoms with Crippen molar-refractivity contribution in [3.8, 4) is 0 Å². The number of ether oxygens (including phenoxy) is 1. The number of likely N-dealkylation sites (tertiary alicyclic amines) is 1. The van der Waals surface area contributed by atoms with Crippen LogP contribution in [0.25, 0.3) is 0 Å². The third-order valence-electron chi connectivity index (χ3n) is 3.83. The van der Waals surface area contributed by atoms with Crippen LogP contribution in [0.5, 0.6) is 0 Å². The molecule has 0 spiro atoms. The van der Waals surface area contributed by atoms with Gasteiger partial charge in [0.25, 0.3) is 0 Å². The van der Waals surface area contributed by atoms with Crippen LogP contribution in [-0.2, 0) is 16.1 Å². The standard InChI is InChI=1S/C15H20N2O4/c1-10-5-3-4-6-11(10)8-16-15(20)17-9-12(21-2)7-13(17)14(18)19/h3-6,12-13H,7-9H2,1-2H3,(H,16,20)(H,18,19). The van der Waals surface area contributed by atoms with E-state index in [1.54, 1.807) is 0 Å². The number of hydrogen-bond acceptors (Lipinski definition) is 3. The highest BCUT2D eigenvalue weighted by Crippen LogP contribution is 2.20. The second kappa shape index (κ2) is 6.58. The van der Waals surface area contributed by atoms with E-state index in [1.165, 1.54) is 12.0 Å². The quantitative estimate of drug-likeness (QED) is 0.878. The molecule has 0 aromatic heterocycles. The van der Waals surface area contributed by atoms with E-state index >= 15 is 0 Å². The largest absolute Gasteiger partial charge is 0.480 e. The Hall–Kier alpha value is -2.08. The average molecular weight is 292 g/mol. The summed E-state index contributed by atoms with van der Waals surface area (Å²) >= 11 is 0. The molecule has 114 valence electrons. The van der Waals surface area contributed by atoms with Gasteiger partial charge in [-0.15, -0.1) is 0 Å². The summed E-state index contributed by atoms with van der Waals surface area (Å²) in [6, 6.07) is 6.55. The number of benzene rings is 1. The Kier molecular flexibility index (Phi) is 4.80. The second-order valence-corrected chi connectivity index (χ2v) is 5.19. The topological polar surface area (TPSA) is 78.9 Å². The van der Waals surface area contributed by atoms with Crippen LogP contribution in [0.4, 0.5) is 4.79 Å². The normalized spacial score (nSPS) is 21.3. The highest BCUT2D eigenvalue weighted by Gasteiger charge is 2.39. The van der Waals surface area contributed by atoms with Crippen LogP contribution in [-0.4, -0.2) is 47.8 Å². The number of nitrogens with one attached hydrogen (secondary N) is 1. The molecule has 0 saturated carbocycles. The van der Waals surface area contributed by atoms with Crippen molar-refractivity contribution < 1.29 is 19.4 Å². The minimum Gasteiger partial charge on any atom is -0.480 e. The van der Waals surface area contributed by atoms with Gasteiger partial charge < -0.3 is 20.1 Å². The molecule has 0 bridgehead atoms. The number of carbonyl (C=O) groups excluding carboxylic acids is 1. The van der Waals surface area contributed by atoms with Gasteiger partial charge in [0.2, 0.25) is 0 Å². The minimum atomic E-state index is -0.999. The number of carboxylic acid groups (broad SMARTS) is 1. The molecule has 1 saturated heterocycles. The highest BCUT2D eigenvalue weighted by molar-refractivity contribution is 5.83. The van der Waals surface area contributed by atoms with Crippen LogP contribution in [0.3, 0.4) is 0 Å². The average Bonchev–Trinajstić information content (AvgIpc) is 2.90. The van der Waals surface area contributed by atoms with Crippen molar-refractivity contribution in [1.29, 1.82) is 0 Å². The van der Waals surface area contributed by atoms with Crippen molar-refractivity contribution in [1.82, 2.24) is 10.2 Å². The summed E-state index contributed by atoms with van der Waals surface area (Å²) in [6.07, 6.45) is 0.0965. The van der Waals surface area contributed by atoms with Gasteiger partial charge >= 0.3 is 12.0 Å². The van der Waals surface area contributed by atoms with Crippen molar-refractivity contribution in [2.24, 2.45) is 0 Å². The maximum absolute atomic E-state index is 12.2. The molecular formula is C15H20N2O4. The number of carbonyl (C=O) groups is 2. The summed E-state index contributed by atoms with van der Waals surface area (Å²) in [5.74, 6) is -0.999. The Balaban J connectivity index is 1.99. The van der Waals surface area contributed by atoms with Crippen LogP contribution < -0.4 is 5.32 Å². The number of amides is 2. The molecule has 1 aliphatic heterocycles. The molecule has 1 aromatic rings. The van der Waals surface area contributed by atoms with Gasteiger partial charge in [-0.05, 0) is 18.1 Å². The fourth-order valence-corrected chi connectivity index (χ4v) is 2.51. The van der Waals surface area contributed by atoms with Gasteiger partial charge in [-0.3, -0.25) is 0 Å². The van der Waals surface area contributed by atoms with Crippen LogP contribution in [0.1, 0.15) is 17.5 Å². The number of carboxylic acids is 1. The van der Waals surface area contributed by atoms with Gasteiger partial charge in [0.1, 0.15) is 6.04 Å². The summed E-state index contributed by atoms with van der Waals surface area (Å²) in [5, 5.41) is 12.0. The lowest BCUT2D eigenvalue weighted by Gasteiger charge is -2.22. The molecule has 1 aliphatic rings. The number of methoxy groups -OCH3 is 1. The van der Waals surface area contributed by atoms with E-state index in [9.17, 15) is 14.7 Å². The molecule has 21 heavy (non-hydrogen) atoms. The van der Waals surface area contributed by atoms with E-state index in [2.05, 4.69) is 5.32 Å². The summed E-state index contributed by atoms with van der Waals surface area (Å²) in [4.78, 5) is 24.8. The zero-order valence-electron chi connectivity index (χ0n) is 12.2. The van der Waals surface area contributed by atoms with Gasteiger partial charge in [0, 0.05) is 26.6 Å². The first-order valence-electron chi connectivity index (χ1n) is 6.87. The Morgan fingerprint density at radius 3 is 2.76 bits per heavy atom. The molecule has 1 heterocycles. The van der Waals surface area contributed by atoms with E-state index in [1.807, 2.05) is 31.2 Å². The second-order valence-electron chi connectivity index (χ2n) is 5.19. The van der Waals surface area contributed by atoms with Crippen molar-refractivity contribution in [3.05, 3.63) is 35.4 Å². The fraction of sp³-hybridized carbons (Fsp3) is 0.467. The Morgan fingerprint density at radius 1 is 1.43 bits per heavy atom. The van der Waals surface area contributed by atoms with Crippen LogP contribution >= 0.6 is 0 Å². The Bertz CT molecular complexity index is 532. The first-order valence-corrected chi connectivity index (χ1v) is 6.87. The van der Waals surface area contributed by atoms with E-state index < -0.39 is 12.0 Å². The molecule has 6 nitrogen and oxygen atoms in total. The third-order valence-corrected chi connectivity index (χ3v) is 3.83. The molecule has 2 atom stereocenters. The molecule has 2 rings (SSSR count). The van der Waals surface area contributed by atoms with Gasteiger partial charge in [0.05, 0.1) is 6.10 Å². The molecule has 2 N–H and O–H groups in total. The molecule has 0 radical (unpaired) electrons. The van der Waals surface area contributed by atoms with Crippen molar-refractivity contribution in [2.75, 3.05) is 13.7 Å². The predicted octanol–water partition coefficient (Wildman–Crippen LogP) is 1.38. The van der Waals surface area contributed by atoms with Gasteiger partial charge in [0.15, 0.2) is 0 Å². The lowest BCUT2D eigenvalue weighted by atomic mass is 10.1. The summed E-state index contributed by atoms with van der Waals surface area (Å²) < 4.78 is 5.17. The van der Waals surface area contributed by atoms with Crippen LogP contribution in [0, 0.1) is 6.92 Å². The predicted molar refractivity (Wildman–Crippen MR) is 77.0 cm³/mol. The number of hydrogen-bond donors (Lipinski definition) is 2.